The molecule has 1 aliphatic rings. The summed E-state index contributed by atoms with van der Waals surface area (Å²) in [6.07, 6.45) is 2.45. The van der Waals surface area contributed by atoms with Gasteiger partial charge in [0.15, 0.2) is 5.65 Å². The summed E-state index contributed by atoms with van der Waals surface area (Å²) in [6.45, 7) is 3.55. The molecule has 1 fully saturated rings. The number of hydrogen-bond donors (Lipinski definition) is 0. The van der Waals surface area contributed by atoms with Crippen LogP contribution in [0.25, 0.3) is 11.2 Å². The van der Waals surface area contributed by atoms with Crippen LogP contribution in [0, 0.1) is 0 Å². The molecule has 1 aliphatic heterocycles. The number of imidazole rings is 1. The first-order valence-electron chi connectivity index (χ1n) is 9.10. The number of nitrogens with zero attached hydrogens (tertiary/aromatic N) is 4. The van der Waals surface area contributed by atoms with E-state index in [4.69, 9.17) is 21.3 Å². The Bertz CT molecular complexity index is 1130. The van der Waals surface area contributed by atoms with E-state index in [0.717, 1.165) is 23.5 Å². The molecule has 3 aromatic rings. The summed E-state index contributed by atoms with van der Waals surface area (Å²) in [5, 5.41) is 0.356. The van der Waals surface area contributed by atoms with Crippen LogP contribution >= 0.6 is 11.6 Å². The number of pyridine rings is 1. The van der Waals surface area contributed by atoms with Gasteiger partial charge in [-0.05, 0) is 43.7 Å². The molecule has 1 saturated heterocycles. The zero-order valence-corrected chi connectivity index (χ0v) is 17.2. The molecule has 7 nitrogen and oxygen atoms in total. The first-order chi connectivity index (χ1) is 13.5. The van der Waals surface area contributed by atoms with Crippen LogP contribution in [0.2, 0.25) is 5.02 Å². The minimum absolute atomic E-state index is 0.00843. The summed E-state index contributed by atoms with van der Waals surface area (Å²) >= 11 is 6.04. The second kappa shape index (κ2) is 7.35. The molecule has 0 amide bonds. The average Bonchev–Trinajstić information content (AvgIpc) is 3.32. The van der Waals surface area contributed by atoms with E-state index in [9.17, 15) is 8.42 Å². The van der Waals surface area contributed by atoms with Gasteiger partial charge in [0, 0.05) is 36.8 Å². The fourth-order valence-electron chi connectivity index (χ4n) is 3.75. The molecule has 0 saturated carbocycles. The van der Waals surface area contributed by atoms with Crippen LogP contribution < -0.4 is 4.74 Å². The fraction of sp³-hybridized carbons (Fsp3) is 0.368. The van der Waals surface area contributed by atoms with Crippen molar-refractivity contribution < 1.29 is 13.2 Å². The summed E-state index contributed by atoms with van der Waals surface area (Å²) in [7, 11) is -2.27. The van der Waals surface area contributed by atoms with E-state index in [1.807, 2.05) is 19.1 Å². The summed E-state index contributed by atoms with van der Waals surface area (Å²) in [4.78, 5) is 9.26. The number of halogens is 1. The van der Waals surface area contributed by atoms with Gasteiger partial charge >= 0.3 is 0 Å². The molecule has 28 heavy (non-hydrogen) atoms. The lowest BCUT2D eigenvalue weighted by Gasteiger charge is -2.19. The van der Waals surface area contributed by atoms with Crippen molar-refractivity contribution >= 4 is 32.8 Å². The van der Waals surface area contributed by atoms with Crippen LogP contribution in [0.3, 0.4) is 0 Å². The van der Waals surface area contributed by atoms with Crippen molar-refractivity contribution in [2.24, 2.45) is 0 Å². The Morgan fingerprint density at radius 2 is 2.14 bits per heavy atom. The third-order valence-corrected chi connectivity index (χ3v) is 7.23. The highest BCUT2D eigenvalue weighted by molar-refractivity contribution is 7.89. The number of fused-ring (bicyclic) bond motifs is 1. The van der Waals surface area contributed by atoms with E-state index < -0.39 is 10.0 Å². The van der Waals surface area contributed by atoms with Gasteiger partial charge in [-0.2, -0.15) is 4.31 Å². The maximum Gasteiger partial charge on any atom is 0.246 e. The summed E-state index contributed by atoms with van der Waals surface area (Å²) in [5.74, 6) is 1.18. The lowest BCUT2D eigenvalue weighted by Crippen LogP contribution is -2.29. The third-order valence-electron chi connectivity index (χ3n) is 5.11. The summed E-state index contributed by atoms with van der Waals surface area (Å²) in [5.41, 5.74) is 1.66. The van der Waals surface area contributed by atoms with Gasteiger partial charge in [0.05, 0.1) is 7.11 Å². The first-order valence-corrected chi connectivity index (χ1v) is 10.9. The normalized spacial score (nSPS) is 18.0. The summed E-state index contributed by atoms with van der Waals surface area (Å²) in [6, 6.07) is 8.41. The van der Waals surface area contributed by atoms with E-state index in [1.54, 1.807) is 18.3 Å². The molecular formula is C19H21ClN4O3S. The Labute approximate surface area is 169 Å². The maximum atomic E-state index is 13.2. The van der Waals surface area contributed by atoms with Crippen LogP contribution in [0.4, 0.5) is 0 Å². The molecule has 0 spiro atoms. The highest BCUT2D eigenvalue weighted by atomic mass is 35.5. The quantitative estimate of drug-likeness (QED) is 0.633. The van der Waals surface area contributed by atoms with Crippen molar-refractivity contribution in [3.8, 4) is 5.75 Å². The van der Waals surface area contributed by atoms with Crippen molar-refractivity contribution in [3.63, 3.8) is 0 Å². The molecule has 1 atom stereocenters. The molecule has 0 aliphatic carbocycles. The molecule has 4 rings (SSSR count). The number of aromatic nitrogens is 3. The molecule has 2 aromatic heterocycles. The minimum Gasteiger partial charge on any atom is -0.495 e. The molecule has 9 heteroatoms. The monoisotopic (exact) mass is 420 g/mol. The lowest BCUT2D eigenvalue weighted by atomic mass is 10.1. The van der Waals surface area contributed by atoms with E-state index >= 15 is 0 Å². The minimum atomic E-state index is -3.72. The predicted octanol–water partition coefficient (Wildman–Crippen LogP) is 3.29. The van der Waals surface area contributed by atoms with Crippen molar-refractivity contribution in [1.29, 1.82) is 0 Å². The second-order valence-electron chi connectivity index (χ2n) is 6.70. The number of hydrogen-bond acceptors (Lipinski definition) is 5. The van der Waals surface area contributed by atoms with E-state index in [1.165, 1.54) is 17.5 Å². The molecule has 0 bridgehead atoms. The van der Waals surface area contributed by atoms with Gasteiger partial charge in [-0.15, -0.1) is 0 Å². The van der Waals surface area contributed by atoms with Gasteiger partial charge < -0.3 is 9.30 Å². The van der Waals surface area contributed by atoms with Crippen LogP contribution in [0.15, 0.2) is 41.4 Å². The average molecular weight is 421 g/mol. The lowest BCUT2D eigenvalue weighted by molar-refractivity contribution is 0.398. The smallest absolute Gasteiger partial charge is 0.246 e. The SMILES string of the molecule is CCn1c([C@@H]2CCN(S(=O)(=O)c3cc(Cl)ccc3OC)C2)nc2cccnc21. The van der Waals surface area contributed by atoms with Gasteiger partial charge in [0.25, 0.3) is 0 Å². The number of sulfonamides is 1. The van der Waals surface area contributed by atoms with Gasteiger partial charge in [-0.1, -0.05) is 11.6 Å². The fourth-order valence-corrected chi connectivity index (χ4v) is 5.67. The number of rotatable bonds is 5. The molecule has 3 heterocycles. The van der Waals surface area contributed by atoms with Gasteiger partial charge in [0.1, 0.15) is 22.0 Å². The van der Waals surface area contributed by atoms with Gasteiger partial charge in [-0.3, -0.25) is 0 Å². The second-order valence-corrected chi connectivity index (χ2v) is 9.05. The molecule has 0 radical (unpaired) electrons. The third kappa shape index (κ3) is 3.15. The first kappa shape index (κ1) is 19.2. The van der Waals surface area contributed by atoms with Crippen molar-refractivity contribution in [1.82, 2.24) is 18.8 Å². The number of aryl methyl sites for hydroxylation is 1. The molecular weight excluding hydrogens is 400 g/mol. The largest absolute Gasteiger partial charge is 0.495 e. The molecule has 0 N–H and O–H groups in total. The van der Waals surface area contributed by atoms with Crippen molar-refractivity contribution in [3.05, 3.63) is 47.4 Å². The Hall–Kier alpha value is -2.16. The van der Waals surface area contributed by atoms with Crippen molar-refractivity contribution in [2.45, 2.75) is 30.7 Å². The van der Waals surface area contributed by atoms with Crippen LogP contribution in [-0.2, 0) is 16.6 Å². The maximum absolute atomic E-state index is 13.2. The number of methoxy groups -OCH3 is 1. The Morgan fingerprint density at radius 3 is 2.89 bits per heavy atom. The van der Waals surface area contributed by atoms with E-state index in [2.05, 4.69) is 9.55 Å². The standard InChI is InChI=1S/C19H21ClN4O3S/c1-3-24-18(22-15-5-4-9-21-19(15)24)13-8-10-23(12-13)28(25,26)17-11-14(20)6-7-16(17)27-2/h4-7,9,11,13H,3,8,10,12H2,1-2H3/t13-/m1/s1. The Kier molecular flexibility index (Phi) is 5.03. The molecule has 1 aromatic carbocycles. The topological polar surface area (TPSA) is 77.3 Å². The summed E-state index contributed by atoms with van der Waals surface area (Å²) < 4.78 is 35.2. The van der Waals surface area contributed by atoms with E-state index in [-0.39, 0.29) is 16.6 Å². The molecule has 0 unspecified atom stereocenters. The van der Waals surface area contributed by atoms with Crippen LogP contribution in [0.1, 0.15) is 25.1 Å². The van der Waals surface area contributed by atoms with Gasteiger partial charge in [0.2, 0.25) is 10.0 Å². The highest BCUT2D eigenvalue weighted by Gasteiger charge is 2.37. The highest BCUT2D eigenvalue weighted by Crippen LogP contribution is 2.35. The Balaban J connectivity index is 1.67. The van der Waals surface area contributed by atoms with Crippen LogP contribution in [-0.4, -0.2) is 47.5 Å². The zero-order chi connectivity index (χ0) is 19.9. The predicted molar refractivity (Wildman–Crippen MR) is 107 cm³/mol. The van der Waals surface area contributed by atoms with Crippen molar-refractivity contribution in [2.75, 3.05) is 20.2 Å². The van der Waals surface area contributed by atoms with Crippen LogP contribution in [0.5, 0.6) is 5.75 Å². The zero-order valence-electron chi connectivity index (χ0n) is 15.7. The molecule has 148 valence electrons. The number of benzene rings is 1. The number of ether oxygens (including phenoxy) is 1. The Morgan fingerprint density at radius 1 is 1.32 bits per heavy atom. The van der Waals surface area contributed by atoms with Gasteiger partial charge in [-0.25, -0.2) is 18.4 Å². The van der Waals surface area contributed by atoms with E-state index in [0.29, 0.717) is 24.5 Å².